The maximum absolute atomic E-state index is 10.4. The molecule has 0 atom stereocenters. The molecule has 2 aromatic rings. The number of nitrogens with zero attached hydrogens (tertiary/aromatic N) is 4. The van der Waals surface area contributed by atoms with Gasteiger partial charge in [0.1, 0.15) is 11.5 Å². The van der Waals surface area contributed by atoms with Crippen molar-refractivity contribution >= 4 is 22.8 Å². The largest absolute Gasteiger partial charge is 0.507 e. The fourth-order valence-corrected chi connectivity index (χ4v) is 4.21. The van der Waals surface area contributed by atoms with Gasteiger partial charge in [0.2, 0.25) is 0 Å². The Bertz CT molecular complexity index is 1060. The average molecular weight is 519 g/mol. The molecule has 0 aliphatic rings. The summed E-state index contributed by atoms with van der Waals surface area (Å²) in [6.45, 7) is 11.6. The molecule has 0 fully saturated rings. The zero-order valence-corrected chi connectivity index (χ0v) is 24.2. The minimum atomic E-state index is 0.273. The Morgan fingerprint density at radius 2 is 0.868 bits per heavy atom. The summed E-state index contributed by atoms with van der Waals surface area (Å²) in [5, 5.41) is 38.1. The molecule has 0 radical (unpaired) electrons. The summed E-state index contributed by atoms with van der Waals surface area (Å²) >= 11 is 0. The highest BCUT2D eigenvalue weighted by Gasteiger charge is 2.11. The molecule has 0 aromatic heterocycles. The van der Waals surface area contributed by atoms with Crippen molar-refractivity contribution in [2.24, 2.45) is 20.4 Å². The van der Waals surface area contributed by atoms with Crippen molar-refractivity contribution in [3.05, 3.63) is 58.7 Å². The molecule has 0 aliphatic heterocycles. The lowest BCUT2D eigenvalue weighted by Crippen LogP contribution is -2.02. The second kappa shape index (κ2) is 16.5. The van der Waals surface area contributed by atoms with Crippen LogP contribution in [0.25, 0.3) is 0 Å². The van der Waals surface area contributed by atoms with Gasteiger partial charge in [0.15, 0.2) is 0 Å². The quantitative estimate of drug-likeness (QED) is 0.140. The molecule has 0 amide bonds. The molecule has 206 valence electrons. The molecule has 2 rings (SSSR count). The summed E-state index contributed by atoms with van der Waals surface area (Å²) in [4.78, 5) is 0. The predicted octanol–water partition coefficient (Wildman–Crippen LogP) is 8.69. The molecule has 2 N–H and O–H groups in total. The first kappa shape index (κ1) is 30.9. The van der Waals surface area contributed by atoms with E-state index in [0.29, 0.717) is 0 Å². The number of phenolic OH excluding ortho intramolecular Hbond substituents is 2. The van der Waals surface area contributed by atoms with Gasteiger partial charge < -0.3 is 10.2 Å². The third kappa shape index (κ3) is 11.4. The summed E-state index contributed by atoms with van der Waals surface area (Å²) in [5.74, 6) is 0.547. The summed E-state index contributed by atoms with van der Waals surface area (Å²) in [5.41, 5.74) is 7.12. The van der Waals surface area contributed by atoms with E-state index in [1.165, 1.54) is 25.7 Å². The van der Waals surface area contributed by atoms with E-state index in [1.807, 2.05) is 65.8 Å². The van der Waals surface area contributed by atoms with Gasteiger partial charge in [0.05, 0.1) is 11.4 Å². The highest BCUT2D eigenvalue weighted by Crippen LogP contribution is 2.24. The van der Waals surface area contributed by atoms with Gasteiger partial charge >= 0.3 is 0 Å². The van der Waals surface area contributed by atoms with Gasteiger partial charge in [-0.1, -0.05) is 50.7 Å². The maximum atomic E-state index is 10.4. The molecule has 0 saturated heterocycles. The first-order valence-corrected chi connectivity index (χ1v) is 13.9. The van der Waals surface area contributed by atoms with E-state index in [-0.39, 0.29) is 11.5 Å². The van der Waals surface area contributed by atoms with Crippen molar-refractivity contribution in [3.8, 4) is 11.5 Å². The normalized spacial score (nSPS) is 11.9. The van der Waals surface area contributed by atoms with Crippen LogP contribution >= 0.6 is 0 Å². The van der Waals surface area contributed by atoms with Gasteiger partial charge in [-0.05, 0) is 103 Å². The number of rotatable bonds is 15. The number of unbranched alkanes of at least 4 members (excludes halogenated alkanes) is 7. The Morgan fingerprint density at radius 1 is 0.526 bits per heavy atom. The molecule has 6 nitrogen and oxygen atoms in total. The van der Waals surface area contributed by atoms with Crippen LogP contribution in [0, 0.1) is 13.8 Å². The smallest absolute Gasteiger partial charge is 0.124 e. The van der Waals surface area contributed by atoms with Crippen LogP contribution in [-0.4, -0.2) is 33.1 Å². The van der Waals surface area contributed by atoms with Crippen molar-refractivity contribution in [2.45, 2.75) is 106 Å². The van der Waals surface area contributed by atoms with Crippen LogP contribution in [0.15, 0.2) is 56.8 Å². The summed E-state index contributed by atoms with van der Waals surface area (Å²) < 4.78 is 0. The fraction of sp³-hybridized carbons (Fsp3) is 0.500. The summed E-state index contributed by atoms with van der Waals surface area (Å²) in [6.07, 6.45) is 10.8. The van der Waals surface area contributed by atoms with Crippen LogP contribution in [0.3, 0.4) is 0 Å². The number of hydrogen-bond donors (Lipinski definition) is 2. The Kier molecular flexibility index (Phi) is 13.5. The van der Waals surface area contributed by atoms with Crippen molar-refractivity contribution in [1.29, 1.82) is 0 Å². The SMILES string of the molecule is CC(C)=N/N=C(\CCCCCCCCCC/C(=N\N=C(C)C)c1ccc(C)cc1O)c1ccc(C)cc1O. The van der Waals surface area contributed by atoms with E-state index in [0.717, 1.165) is 83.6 Å². The average Bonchev–Trinajstić information content (AvgIpc) is 2.84. The highest BCUT2D eigenvalue weighted by atomic mass is 16.3. The molecule has 0 aliphatic carbocycles. The number of aromatic hydroxyl groups is 2. The van der Waals surface area contributed by atoms with Crippen molar-refractivity contribution in [1.82, 2.24) is 0 Å². The molecular weight excluding hydrogens is 472 g/mol. The molecule has 0 saturated carbocycles. The minimum Gasteiger partial charge on any atom is -0.507 e. The Labute approximate surface area is 229 Å². The fourth-order valence-electron chi connectivity index (χ4n) is 4.21. The highest BCUT2D eigenvalue weighted by molar-refractivity contribution is 6.03. The summed E-state index contributed by atoms with van der Waals surface area (Å²) in [6, 6.07) is 11.5. The second-order valence-electron chi connectivity index (χ2n) is 10.6. The van der Waals surface area contributed by atoms with E-state index in [1.54, 1.807) is 12.1 Å². The van der Waals surface area contributed by atoms with E-state index in [4.69, 9.17) is 0 Å². The van der Waals surface area contributed by atoms with Crippen molar-refractivity contribution in [3.63, 3.8) is 0 Å². The van der Waals surface area contributed by atoms with Gasteiger partial charge in [0, 0.05) is 22.6 Å². The molecule has 0 bridgehead atoms. The lowest BCUT2D eigenvalue weighted by Gasteiger charge is -2.09. The van der Waals surface area contributed by atoms with E-state index >= 15 is 0 Å². The Hall–Kier alpha value is -3.28. The second-order valence-corrected chi connectivity index (χ2v) is 10.6. The predicted molar refractivity (Wildman–Crippen MR) is 162 cm³/mol. The van der Waals surface area contributed by atoms with E-state index < -0.39 is 0 Å². The van der Waals surface area contributed by atoms with Crippen LogP contribution in [0.1, 0.15) is 114 Å². The topological polar surface area (TPSA) is 89.9 Å². The third-order valence-corrected chi connectivity index (χ3v) is 6.25. The Balaban J connectivity index is 1.74. The van der Waals surface area contributed by atoms with Crippen molar-refractivity contribution < 1.29 is 10.2 Å². The minimum absolute atomic E-state index is 0.273. The number of phenols is 2. The zero-order chi connectivity index (χ0) is 27.9. The van der Waals surface area contributed by atoms with E-state index in [9.17, 15) is 10.2 Å². The number of hydrogen-bond acceptors (Lipinski definition) is 6. The van der Waals surface area contributed by atoms with Crippen LogP contribution in [-0.2, 0) is 0 Å². The van der Waals surface area contributed by atoms with Gasteiger partial charge in [0.25, 0.3) is 0 Å². The van der Waals surface area contributed by atoms with Crippen LogP contribution in [0.5, 0.6) is 11.5 Å². The van der Waals surface area contributed by atoms with Gasteiger partial charge in [-0.15, -0.1) is 0 Å². The van der Waals surface area contributed by atoms with Gasteiger partial charge in [-0.25, -0.2) is 0 Å². The first-order chi connectivity index (χ1) is 18.2. The molecule has 0 unspecified atom stereocenters. The first-order valence-electron chi connectivity index (χ1n) is 13.9. The molecule has 0 spiro atoms. The Morgan fingerprint density at radius 3 is 1.18 bits per heavy atom. The number of aryl methyl sites for hydroxylation is 2. The summed E-state index contributed by atoms with van der Waals surface area (Å²) in [7, 11) is 0. The third-order valence-electron chi connectivity index (χ3n) is 6.25. The molecular formula is C32H46N4O2. The lowest BCUT2D eigenvalue weighted by molar-refractivity contribution is 0.472. The standard InChI is InChI=1S/C32H46N4O2/c1-23(2)33-35-29(27-19-17-25(5)21-31(27)37)15-13-11-9-7-8-10-12-14-16-30(36-34-24(3)4)28-20-18-26(6)22-32(28)38/h17-22,37-38H,7-16H2,1-6H3/b35-29+,36-30+. The monoisotopic (exact) mass is 518 g/mol. The molecule has 0 heterocycles. The molecule has 38 heavy (non-hydrogen) atoms. The van der Waals surface area contributed by atoms with Crippen LogP contribution in [0.4, 0.5) is 0 Å². The van der Waals surface area contributed by atoms with Crippen molar-refractivity contribution in [2.75, 3.05) is 0 Å². The van der Waals surface area contributed by atoms with Crippen LogP contribution < -0.4 is 0 Å². The molecule has 6 heteroatoms. The van der Waals surface area contributed by atoms with E-state index in [2.05, 4.69) is 20.4 Å². The van der Waals surface area contributed by atoms with Gasteiger partial charge in [-0.2, -0.15) is 20.4 Å². The maximum Gasteiger partial charge on any atom is 0.124 e. The molecule has 2 aromatic carbocycles. The lowest BCUT2D eigenvalue weighted by atomic mass is 9.99. The van der Waals surface area contributed by atoms with Crippen LogP contribution in [0.2, 0.25) is 0 Å². The zero-order valence-electron chi connectivity index (χ0n) is 24.2. The number of benzene rings is 2. The van der Waals surface area contributed by atoms with Gasteiger partial charge in [-0.3, -0.25) is 0 Å².